The Morgan fingerprint density at radius 1 is 1.19 bits per heavy atom. The summed E-state index contributed by atoms with van der Waals surface area (Å²) in [5.41, 5.74) is 0.271. The number of carbonyl (C=O) groups excluding carboxylic acids is 1. The summed E-state index contributed by atoms with van der Waals surface area (Å²) >= 11 is 5.98. The van der Waals surface area contributed by atoms with E-state index in [1.807, 2.05) is 25.7 Å². The number of halogens is 1. The highest BCUT2D eigenvalue weighted by Crippen LogP contribution is 2.42. The van der Waals surface area contributed by atoms with Crippen molar-refractivity contribution < 1.29 is 14.6 Å². The van der Waals surface area contributed by atoms with Crippen molar-refractivity contribution in [2.24, 2.45) is 0 Å². The minimum atomic E-state index is -0.553. The van der Waals surface area contributed by atoms with Crippen LogP contribution in [-0.4, -0.2) is 56.6 Å². The third kappa shape index (κ3) is 3.59. The summed E-state index contributed by atoms with van der Waals surface area (Å²) in [6, 6.07) is 2.38. The van der Waals surface area contributed by atoms with Crippen LogP contribution in [0.3, 0.4) is 0 Å². The number of nitrogens with zero attached hydrogens (tertiary/aromatic N) is 4. The molecule has 1 aromatic heterocycles. The molecule has 2 bridgehead atoms. The van der Waals surface area contributed by atoms with Crippen LogP contribution in [0.25, 0.3) is 0 Å². The Bertz CT molecular complexity index is 724. The number of fused-ring (bicyclic) bond motifs is 3. The van der Waals surface area contributed by atoms with Gasteiger partial charge in [-0.3, -0.25) is 0 Å². The summed E-state index contributed by atoms with van der Waals surface area (Å²) in [4.78, 5) is 16.9. The zero-order chi connectivity index (χ0) is 19.3. The van der Waals surface area contributed by atoms with Gasteiger partial charge in [-0.25, -0.2) is 4.79 Å². The summed E-state index contributed by atoms with van der Waals surface area (Å²) in [5, 5.41) is 18.9. The molecule has 1 amide bonds. The van der Waals surface area contributed by atoms with Crippen LogP contribution in [-0.2, 0) is 4.74 Å². The van der Waals surface area contributed by atoms with E-state index in [1.54, 1.807) is 6.07 Å². The van der Waals surface area contributed by atoms with Crippen LogP contribution >= 0.6 is 11.6 Å². The molecular weight excluding hydrogens is 368 g/mol. The van der Waals surface area contributed by atoms with E-state index in [9.17, 15) is 9.90 Å². The fraction of sp³-hybridized carbons (Fsp3) is 0.737. The van der Waals surface area contributed by atoms with E-state index in [0.717, 1.165) is 43.6 Å². The van der Waals surface area contributed by atoms with Crippen LogP contribution in [0, 0.1) is 0 Å². The van der Waals surface area contributed by atoms with Gasteiger partial charge in [0.2, 0.25) is 0 Å². The molecule has 0 aliphatic carbocycles. The molecule has 8 heteroatoms. The van der Waals surface area contributed by atoms with Crippen molar-refractivity contribution in [3.63, 3.8) is 0 Å². The Morgan fingerprint density at radius 2 is 1.85 bits per heavy atom. The number of aromatic nitrogens is 2. The Morgan fingerprint density at radius 3 is 2.48 bits per heavy atom. The molecule has 1 aromatic rings. The lowest BCUT2D eigenvalue weighted by Crippen LogP contribution is -2.54. The van der Waals surface area contributed by atoms with E-state index in [2.05, 4.69) is 15.1 Å². The van der Waals surface area contributed by atoms with E-state index < -0.39 is 11.7 Å². The molecular formula is C19H27ClN4O3. The first-order valence-corrected chi connectivity index (χ1v) is 10.1. The molecule has 148 valence electrons. The van der Waals surface area contributed by atoms with Gasteiger partial charge in [0.25, 0.3) is 0 Å². The number of anilines is 1. The summed E-state index contributed by atoms with van der Waals surface area (Å²) in [6.45, 7) is 6.44. The number of hydrogen-bond acceptors (Lipinski definition) is 6. The second-order valence-corrected chi connectivity index (χ2v) is 9.23. The predicted octanol–water partition coefficient (Wildman–Crippen LogP) is 3.30. The normalized spacial score (nSPS) is 30.3. The lowest BCUT2D eigenvalue weighted by Gasteiger charge is -2.45. The molecule has 4 rings (SSSR count). The fourth-order valence-corrected chi connectivity index (χ4v) is 4.89. The second-order valence-electron chi connectivity index (χ2n) is 8.84. The minimum absolute atomic E-state index is 0.194. The quantitative estimate of drug-likeness (QED) is 0.787. The number of ether oxygens (including phenoxy) is 1. The van der Waals surface area contributed by atoms with Gasteiger partial charge in [-0.15, -0.1) is 10.2 Å². The van der Waals surface area contributed by atoms with E-state index in [-0.39, 0.29) is 24.2 Å². The van der Waals surface area contributed by atoms with Crippen LogP contribution in [0.15, 0.2) is 6.07 Å². The molecule has 7 nitrogen and oxygen atoms in total. The van der Waals surface area contributed by atoms with E-state index in [1.165, 1.54) is 0 Å². The highest BCUT2D eigenvalue weighted by molar-refractivity contribution is 6.29. The maximum Gasteiger partial charge on any atom is 0.410 e. The number of amides is 1. The van der Waals surface area contributed by atoms with Gasteiger partial charge in [-0.2, -0.15) is 0 Å². The predicted molar refractivity (Wildman–Crippen MR) is 102 cm³/mol. The number of hydrogen-bond donors (Lipinski definition) is 1. The lowest BCUT2D eigenvalue weighted by atomic mass is 9.93. The van der Waals surface area contributed by atoms with Gasteiger partial charge in [0.1, 0.15) is 5.60 Å². The zero-order valence-electron chi connectivity index (χ0n) is 16.1. The van der Waals surface area contributed by atoms with Crippen LogP contribution in [0.4, 0.5) is 10.6 Å². The van der Waals surface area contributed by atoms with Gasteiger partial charge in [0.15, 0.2) is 11.0 Å². The average molecular weight is 395 g/mol. The molecule has 27 heavy (non-hydrogen) atoms. The smallest absolute Gasteiger partial charge is 0.410 e. The Kier molecular flexibility index (Phi) is 4.71. The summed E-state index contributed by atoms with van der Waals surface area (Å²) in [5.74, 6) is 0.730. The third-order valence-electron chi connectivity index (χ3n) is 5.80. The average Bonchev–Trinajstić information content (AvgIpc) is 2.85. The Balaban J connectivity index is 1.53. The maximum absolute atomic E-state index is 12.7. The largest absolute Gasteiger partial charge is 0.444 e. The van der Waals surface area contributed by atoms with Crippen molar-refractivity contribution in [3.05, 3.63) is 16.8 Å². The number of rotatable bonds is 1. The lowest BCUT2D eigenvalue weighted by molar-refractivity contribution is 0.00563. The molecule has 0 spiro atoms. The molecule has 0 radical (unpaired) electrons. The number of carbonyl (C=O) groups is 1. The number of piperidine rings is 1. The fourth-order valence-electron chi connectivity index (χ4n) is 4.74. The first-order valence-electron chi connectivity index (χ1n) is 9.72. The highest BCUT2D eigenvalue weighted by Gasteiger charge is 2.47. The van der Waals surface area contributed by atoms with Gasteiger partial charge in [0.05, 0.1) is 6.10 Å². The van der Waals surface area contributed by atoms with Crippen molar-refractivity contribution in [3.8, 4) is 0 Å². The molecule has 1 N–H and O–H groups in total. The molecule has 2 fully saturated rings. The van der Waals surface area contributed by atoms with Gasteiger partial charge in [-0.05, 0) is 58.9 Å². The topological polar surface area (TPSA) is 78.8 Å². The van der Waals surface area contributed by atoms with E-state index in [4.69, 9.17) is 16.3 Å². The first kappa shape index (κ1) is 18.7. The first-order chi connectivity index (χ1) is 12.7. The van der Waals surface area contributed by atoms with Crippen LogP contribution in [0.5, 0.6) is 0 Å². The third-order valence-corrected chi connectivity index (χ3v) is 5.99. The second kappa shape index (κ2) is 6.78. The van der Waals surface area contributed by atoms with Crippen LogP contribution in [0.2, 0.25) is 5.15 Å². The molecule has 3 unspecified atom stereocenters. The Hall–Kier alpha value is -1.60. The van der Waals surface area contributed by atoms with Crippen molar-refractivity contribution in [2.45, 2.75) is 82.7 Å². The van der Waals surface area contributed by atoms with Gasteiger partial charge in [0, 0.05) is 30.2 Å². The summed E-state index contributed by atoms with van der Waals surface area (Å²) in [6.07, 6.45) is 3.69. The summed E-state index contributed by atoms with van der Waals surface area (Å²) in [7, 11) is 0. The molecule has 0 aromatic carbocycles. The molecule has 3 aliphatic heterocycles. The van der Waals surface area contributed by atoms with Crippen LogP contribution < -0.4 is 4.90 Å². The SMILES string of the molecule is CC(C)(C)OC(=O)N1C2CCC1CC(N1CCC(O)c3cc(Cl)nnc31)C2. The highest BCUT2D eigenvalue weighted by atomic mass is 35.5. The van der Waals surface area contributed by atoms with Crippen molar-refractivity contribution in [1.29, 1.82) is 0 Å². The monoisotopic (exact) mass is 394 g/mol. The molecule has 3 aliphatic rings. The standard InChI is InChI=1S/C19H27ClN4O3/c1-19(2,3)27-18(26)24-11-4-5-12(24)9-13(8-11)23-7-6-15(25)14-10-16(20)21-22-17(14)23/h10-13,15,25H,4-9H2,1-3H3. The number of aliphatic hydroxyl groups excluding tert-OH is 1. The molecule has 3 atom stereocenters. The number of aliphatic hydroxyl groups is 1. The minimum Gasteiger partial charge on any atom is -0.444 e. The van der Waals surface area contributed by atoms with Crippen molar-refractivity contribution in [2.75, 3.05) is 11.4 Å². The summed E-state index contributed by atoms with van der Waals surface area (Å²) < 4.78 is 5.63. The van der Waals surface area contributed by atoms with E-state index in [0.29, 0.717) is 11.6 Å². The molecule has 0 saturated carbocycles. The molecule has 2 saturated heterocycles. The van der Waals surface area contributed by atoms with Gasteiger partial charge in [-0.1, -0.05) is 11.6 Å². The van der Waals surface area contributed by atoms with Crippen molar-refractivity contribution >= 4 is 23.5 Å². The molecule has 4 heterocycles. The maximum atomic E-state index is 12.7. The van der Waals surface area contributed by atoms with Crippen molar-refractivity contribution in [1.82, 2.24) is 15.1 Å². The van der Waals surface area contributed by atoms with E-state index >= 15 is 0 Å². The van der Waals surface area contributed by atoms with Gasteiger partial charge < -0.3 is 19.6 Å². The van der Waals surface area contributed by atoms with Gasteiger partial charge >= 0.3 is 6.09 Å². The Labute approximate surface area is 164 Å². The van der Waals surface area contributed by atoms with Crippen LogP contribution in [0.1, 0.15) is 64.5 Å². The zero-order valence-corrected chi connectivity index (χ0v) is 16.8.